The third kappa shape index (κ3) is 3.36. The predicted octanol–water partition coefficient (Wildman–Crippen LogP) is 4.02. The second-order valence-electron chi connectivity index (χ2n) is 4.81. The number of hydrogen-bond donors (Lipinski definition) is 2. The lowest BCUT2D eigenvalue weighted by Gasteiger charge is -2.12. The summed E-state index contributed by atoms with van der Waals surface area (Å²) in [6, 6.07) is 9.33. The van der Waals surface area contributed by atoms with Gasteiger partial charge in [-0.3, -0.25) is 0 Å². The van der Waals surface area contributed by atoms with Crippen LogP contribution in [0.25, 0.3) is 11.1 Å². The summed E-state index contributed by atoms with van der Waals surface area (Å²) in [7, 11) is 1.73. The molecule has 2 rings (SSSR count). The Kier molecular flexibility index (Phi) is 4.99. The lowest BCUT2D eigenvalue weighted by molar-refractivity contribution is 0.0697. The van der Waals surface area contributed by atoms with E-state index in [0.717, 1.165) is 12.1 Å². The van der Waals surface area contributed by atoms with Crippen molar-refractivity contribution in [1.82, 2.24) is 0 Å². The highest BCUT2D eigenvalue weighted by molar-refractivity contribution is 5.92. The molecule has 0 saturated heterocycles. The second-order valence-corrected chi connectivity index (χ2v) is 4.81. The van der Waals surface area contributed by atoms with E-state index >= 15 is 0 Å². The van der Waals surface area contributed by atoms with Crippen molar-refractivity contribution >= 4 is 11.7 Å². The number of hydrogen-bond acceptors (Lipinski definition) is 3. The number of benzene rings is 2. The van der Waals surface area contributed by atoms with Crippen LogP contribution < -0.4 is 10.1 Å². The first-order chi connectivity index (χ1) is 10.6. The van der Waals surface area contributed by atoms with Crippen molar-refractivity contribution in [2.24, 2.45) is 0 Å². The van der Waals surface area contributed by atoms with E-state index in [1.165, 1.54) is 18.2 Å². The van der Waals surface area contributed by atoms with Gasteiger partial charge in [-0.2, -0.15) is 0 Å². The average Bonchev–Trinajstić information content (AvgIpc) is 2.53. The molecule has 0 radical (unpaired) electrons. The van der Waals surface area contributed by atoms with Crippen molar-refractivity contribution in [3.05, 3.63) is 47.8 Å². The molecule has 0 aliphatic heterocycles. The molecule has 0 bridgehead atoms. The number of ether oxygens (including phenoxy) is 1. The summed E-state index contributed by atoms with van der Waals surface area (Å²) in [5.74, 6) is -1.29. The first-order valence-corrected chi connectivity index (χ1v) is 7.04. The molecule has 116 valence electrons. The zero-order valence-corrected chi connectivity index (χ0v) is 12.5. The number of carboxylic acid groups (broad SMARTS) is 1. The van der Waals surface area contributed by atoms with Crippen LogP contribution in [-0.2, 0) is 0 Å². The van der Waals surface area contributed by atoms with Crippen molar-refractivity contribution in [1.29, 1.82) is 0 Å². The molecule has 22 heavy (non-hydrogen) atoms. The summed E-state index contributed by atoms with van der Waals surface area (Å²) in [6.45, 7) is 2.40. The Bertz CT molecular complexity index is 686. The van der Waals surface area contributed by atoms with Gasteiger partial charge < -0.3 is 15.2 Å². The summed E-state index contributed by atoms with van der Waals surface area (Å²) < 4.78 is 19.4. The molecule has 2 N–H and O–H groups in total. The van der Waals surface area contributed by atoms with E-state index in [2.05, 4.69) is 5.32 Å². The summed E-state index contributed by atoms with van der Waals surface area (Å²) in [5.41, 5.74) is 2.10. The molecule has 0 saturated carbocycles. The number of halogens is 1. The summed E-state index contributed by atoms with van der Waals surface area (Å²) >= 11 is 0. The van der Waals surface area contributed by atoms with Crippen LogP contribution in [0.4, 0.5) is 10.1 Å². The van der Waals surface area contributed by atoms with Gasteiger partial charge in [-0.25, -0.2) is 9.18 Å². The normalized spacial score (nSPS) is 10.3. The van der Waals surface area contributed by atoms with Gasteiger partial charge in [0.25, 0.3) is 0 Å². The van der Waals surface area contributed by atoms with Crippen LogP contribution in [0.15, 0.2) is 36.4 Å². The molecule has 2 aromatic rings. The van der Waals surface area contributed by atoms with Crippen molar-refractivity contribution in [3.63, 3.8) is 0 Å². The fourth-order valence-electron chi connectivity index (χ4n) is 2.13. The largest absolute Gasteiger partial charge is 0.491 e. The minimum absolute atomic E-state index is 0.153. The molecule has 0 fully saturated rings. The molecule has 0 spiro atoms. The minimum Gasteiger partial charge on any atom is -0.491 e. The van der Waals surface area contributed by atoms with Crippen LogP contribution in [0.3, 0.4) is 0 Å². The third-order valence-electron chi connectivity index (χ3n) is 3.24. The molecule has 4 nitrogen and oxygen atoms in total. The van der Waals surface area contributed by atoms with Gasteiger partial charge in [0.05, 0.1) is 12.2 Å². The third-order valence-corrected chi connectivity index (χ3v) is 3.24. The van der Waals surface area contributed by atoms with Gasteiger partial charge in [0, 0.05) is 18.3 Å². The molecular weight excluding hydrogens is 285 g/mol. The summed E-state index contributed by atoms with van der Waals surface area (Å²) in [4.78, 5) is 11.1. The summed E-state index contributed by atoms with van der Waals surface area (Å²) in [5, 5.41) is 12.1. The second kappa shape index (κ2) is 6.93. The molecule has 0 aliphatic rings. The molecule has 0 aromatic heterocycles. The minimum atomic E-state index is -1.02. The number of nitrogens with one attached hydrogen (secondary N) is 1. The SMILES string of the molecule is CCCOc1ccc(-c2cc(C(=O)O)ccc2NC)cc1F. The molecular formula is C17H18FNO3. The van der Waals surface area contributed by atoms with Crippen LogP contribution in [0.2, 0.25) is 0 Å². The van der Waals surface area contributed by atoms with Crippen molar-refractivity contribution in [2.45, 2.75) is 13.3 Å². The van der Waals surface area contributed by atoms with Crippen LogP contribution in [0.5, 0.6) is 5.75 Å². The molecule has 0 amide bonds. The van der Waals surface area contributed by atoms with E-state index in [-0.39, 0.29) is 11.3 Å². The maximum atomic E-state index is 14.1. The first-order valence-electron chi connectivity index (χ1n) is 7.04. The highest BCUT2D eigenvalue weighted by Crippen LogP contribution is 2.32. The standard InChI is InChI=1S/C17H18FNO3/c1-3-8-22-16-7-5-11(10-14(16)18)13-9-12(17(20)21)4-6-15(13)19-2/h4-7,9-10,19H,3,8H2,1-2H3,(H,20,21). The van der Waals surface area contributed by atoms with Crippen LogP contribution in [0.1, 0.15) is 23.7 Å². The topological polar surface area (TPSA) is 58.6 Å². The number of aromatic carboxylic acids is 1. The van der Waals surface area contributed by atoms with Gasteiger partial charge in [0.15, 0.2) is 11.6 Å². The van der Waals surface area contributed by atoms with E-state index in [1.807, 2.05) is 6.92 Å². The van der Waals surface area contributed by atoms with Crippen LogP contribution in [-0.4, -0.2) is 24.7 Å². The quantitative estimate of drug-likeness (QED) is 0.846. The monoisotopic (exact) mass is 303 g/mol. The maximum Gasteiger partial charge on any atom is 0.335 e. The Morgan fingerprint density at radius 1 is 1.27 bits per heavy atom. The zero-order chi connectivity index (χ0) is 16.1. The Morgan fingerprint density at radius 2 is 2.05 bits per heavy atom. The Balaban J connectivity index is 2.44. The van der Waals surface area contributed by atoms with Gasteiger partial charge >= 0.3 is 5.97 Å². The number of carboxylic acids is 1. The van der Waals surface area contributed by atoms with Gasteiger partial charge in [-0.05, 0) is 42.3 Å². The Labute approximate surface area is 128 Å². The van der Waals surface area contributed by atoms with Crippen LogP contribution in [0, 0.1) is 5.82 Å². The lowest BCUT2D eigenvalue weighted by Crippen LogP contribution is -2.00. The van der Waals surface area contributed by atoms with Gasteiger partial charge in [0.1, 0.15) is 0 Å². The van der Waals surface area contributed by atoms with E-state index in [0.29, 0.717) is 17.7 Å². The summed E-state index contributed by atoms with van der Waals surface area (Å²) in [6.07, 6.45) is 0.797. The zero-order valence-electron chi connectivity index (χ0n) is 12.5. The number of carbonyl (C=O) groups is 1. The molecule has 0 heterocycles. The van der Waals surface area contributed by atoms with Crippen molar-refractivity contribution in [3.8, 4) is 16.9 Å². The Morgan fingerprint density at radius 3 is 2.64 bits per heavy atom. The van der Waals surface area contributed by atoms with Gasteiger partial charge in [-0.1, -0.05) is 13.0 Å². The van der Waals surface area contributed by atoms with Crippen molar-refractivity contribution < 1.29 is 19.0 Å². The first kappa shape index (κ1) is 15.8. The van der Waals surface area contributed by atoms with Gasteiger partial charge in [0.2, 0.25) is 0 Å². The van der Waals surface area contributed by atoms with E-state index in [9.17, 15) is 9.18 Å². The molecule has 0 atom stereocenters. The average molecular weight is 303 g/mol. The van der Waals surface area contributed by atoms with Crippen LogP contribution >= 0.6 is 0 Å². The number of rotatable bonds is 6. The lowest BCUT2D eigenvalue weighted by atomic mass is 10.0. The van der Waals surface area contributed by atoms with E-state index < -0.39 is 11.8 Å². The highest BCUT2D eigenvalue weighted by Gasteiger charge is 2.12. The fourth-order valence-corrected chi connectivity index (χ4v) is 2.13. The van der Waals surface area contributed by atoms with E-state index in [4.69, 9.17) is 9.84 Å². The van der Waals surface area contributed by atoms with E-state index in [1.54, 1.807) is 25.2 Å². The predicted molar refractivity (Wildman–Crippen MR) is 84.1 cm³/mol. The Hall–Kier alpha value is -2.56. The fraction of sp³-hybridized carbons (Fsp3) is 0.235. The molecule has 0 unspecified atom stereocenters. The number of anilines is 1. The van der Waals surface area contributed by atoms with Gasteiger partial charge in [-0.15, -0.1) is 0 Å². The molecule has 0 aliphatic carbocycles. The highest BCUT2D eigenvalue weighted by atomic mass is 19.1. The smallest absolute Gasteiger partial charge is 0.335 e. The molecule has 5 heteroatoms. The molecule has 2 aromatic carbocycles. The van der Waals surface area contributed by atoms with Crippen molar-refractivity contribution in [2.75, 3.05) is 19.0 Å². The maximum absolute atomic E-state index is 14.1.